The topological polar surface area (TPSA) is 24.1 Å². The molecule has 0 aromatic heterocycles. The first-order valence-corrected chi connectivity index (χ1v) is 7.07. The Morgan fingerprint density at radius 3 is 2.44 bits per heavy atom. The van der Waals surface area contributed by atoms with Gasteiger partial charge in [-0.2, -0.15) is 0 Å². The molecule has 18 heavy (non-hydrogen) atoms. The fourth-order valence-corrected chi connectivity index (χ4v) is 2.32. The summed E-state index contributed by atoms with van der Waals surface area (Å²) in [4.78, 5) is 0. The van der Waals surface area contributed by atoms with Crippen molar-refractivity contribution in [3.63, 3.8) is 0 Å². The number of para-hydroxylation sites is 1. The van der Waals surface area contributed by atoms with E-state index in [2.05, 4.69) is 56.5 Å². The van der Waals surface area contributed by atoms with E-state index in [4.69, 9.17) is 0 Å². The first kappa shape index (κ1) is 15.0. The number of nitrogens with one attached hydrogen (secondary N) is 2. The summed E-state index contributed by atoms with van der Waals surface area (Å²) in [5.41, 5.74) is 4.10. The van der Waals surface area contributed by atoms with Crippen molar-refractivity contribution in [1.82, 2.24) is 5.32 Å². The molecule has 0 aliphatic carbocycles. The minimum atomic E-state index is 0.666. The van der Waals surface area contributed by atoms with Gasteiger partial charge >= 0.3 is 0 Å². The normalized spacial score (nSPS) is 12.8. The molecule has 1 rings (SSSR count). The van der Waals surface area contributed by atoms with Crippen molar-refractivity contribution in [2.45, 2.75) is 34.1 Å². The lowest BCUT2D eigenvalue weighted by atomic mass is 9.95. The van der Waals surface area contributed by atoms with Crippen molar-refractivity contribution in [3.05, 3.63) is 29.3 Å². The highest BCUT2D eigenvalue weighted by molar-refractivity contribution is 5.57. The monoisotopic (exact) mass is 248 g/mol. The zero-order chi connectivity index (χ0) is 13.5. The molecule has 2 N–H and O–H groups in total. The van der Waals surface area contributed by atoms with Gasteiger partial charge in [0.2, 0.25) is 0 Å². The number of aryl methyl sites for hydroxylation is 2. The molecule has 0 saturated carbocycles. The first-order chi connectivity index (χ1) is 8.60. The van der Waals surface area contributed by atoms with Crippen LogP contribution in [0.1, 0.15) is 31.9 Å². The Kier molecular flexibility index (Phi) is 6.20. The van der Waals surface area contributed by atoms with Crippen molar-refractivity contribution in [1.29, 1.82) is 0 Å². The predicted molar refractivity (Wildman–Crippen MR) is 81.3 cm³/mol. The van der Waals surface area contributed by atoms with Crippen molar-refractivity contribution in [2.75, 3.05) is 25.5 Å². The van der Waals surface area contributed by atoms with Crippen LogP contribution in [0.5, 0.6) is 0 Å². The number of rotatable bonds is 7. The van der Waals surface area contributed by atoms with Crippen LogP contribution >= 0.6 is 0 Å². The maximum atomic E-state index is 3.66. The molecule has 0 aliphatic heterocycles. The van der Waals surface area contributed by atoms with Crippen molar-refractivity contribution >= 4 is 5.69 Å². The summed E-state index contributed by atoms with van der Waals surface area (Å²) in [5, 5.41) is 6.95. The molecule has 2 nitrogen and oxygen atoms in total. The largest absolute Gasteiger partial charge is 0.384 e. The number of anilines is 1. The van der Waals surface area contributed by atoms with Gasteiger partial charge in [0, 0.05) is 12.2 Å². The van der Waals surface area contributed by atoms with Crippen LogP contribution < -0.4 is 10.6 Å². The summed E-state index contributed by atoms with van der Waals surface area (Å²) in [5.74, 6) is 1.36. The Labute approximate surface area is 112 Å². The Balaban J connectivity index is 2.72. The Morgan fingerprint density at radius 2 is 1.89 bits per heavy atom. The third-order valence-corrected chi connectivity index (χ3v) is 3.69. The maximum absolute atomic E-state index is 3.66. The fourth-order valence-electron chi connectivity index (χ4n) is 2.32. The molecule has 0 heterocycles. The minimum absolute atomic E-state index is 0.666. The Hall–Kier alpha value is -1.02. The van der Waals surface area contributed by atoms with Gasteiger partial charge in [-0.3, -0.25) is 0 Å². The van der Waals surface area contributed by atoms with Crippen LogP contribution in [0, 0.1) is 18.8 Å². The van der Waals surface area contributed by atoms with E-state index in [9.17, 15) is 0 Å². The molecule has 1 aromatic rings. The summed E-state index contributed by atoms with van der Waals surface area (Å²) in [6, 6.07) is 6.55. The van der Waals surface area contributed by atoms with Gasteiger partial charge in [0.05, 0.1) is 0 Å². The molecule has 0 spiro atoms. The summed E-state index contributed by atoms with van der Waals surface area (Å²) in [6.45, 7) is 11.1. The zero-order valence-electron chi connectivity index (χ0n) is 12.5. The van der Waals surface area contributed by atoms with Gasteiger partial charge in [0.1, 0.15) is 0 Å². The van der Waals surface area contributed by atoms with Gasteiger partial charge in [-0.1, -0.05) is 39.0 Å². The standard InChI is InChI=1S/C16H28N2/c1-6-14-9-7-8-13(4)16(14)18-11-15(10-17-5)12(2)3/h7-9,12,15,17-18H,6,10-11H2,1-5H3. The number of hydrogen-bond donors (Lipinski definition) is 2. The second-order valence-corrected chi connectivity index (χ2v) is 5.41. The van der Waals surface area contributed by atoms with Gasteiger partial charge in [0.15, 0.2) is 0 Å². The van der Waals surface area contributed by atoms with Crippen LogP contribution in [0.25, 0.3) is 0 Å². The first-order valence-electron chi connectivity index (χ1n) is 7.07. The van der Waals surface area contributed by atoms with E-state index in [1.807, 2.05) is 7.05 Å². The third-order valence-electron chi connectivity index (χ3n) is 3.69. The van der Waals surface area contributed by atoms with E-state index < -0.39 is 0 Å². The third kappa shape index (κ3) is 4.02. The average molecular weight is 248 g/mol. The van der Waals surface area contributed by atoms with Crippen molar-refractivity contribution in [3.8, 4) is 0 Å². The van der Waals surface area contributed by atoms with Gasteiger partial charge in [-0.15, -0.1) is 0 Å². The number of hydrogen-bond acceptors (Lipinski definition) is 2. The highest BCUT2D eigenvalue weighted by Gasteiger charge is 2.13. The van der Waals surface area contributed by atoms with Crippen LogP contribution in [-0.4, -0.2) is 20.1 Å². The molecule has 0 amide bonds. The lowest BCUT2D eigenvalue weighted by molar-refractivity contribution is 0.390. The van der Waals surface area contributed by atoms with E-state index in [1.165, 1.54) is 16.8 Å². The predicted octanol–water partition coefficient (Wildman–Crippen LogP) is 3.46. The van der Waals surface area contributed by atoms with Crippen LogP contribution in [-0.2, 0) is 6.42 Å². The minimum Gasteiger partial charge on any atom is -0.384 e. The zero-order valence-corrected chi connectivity index (χ0v) is 12.5. The summed E-state index contributed by atoms with van der Waals surface area (Å²) in [6.07, 6.45) is 1.09. The van der Waals surface area contributed by atoms with E-state index >= 15 is 0 Å². The van der Waals surface area contributed by atoms with Crippen molar-refractivity contribution in [2.24, 2.45) is 11.8 Å². The highest BCUT2D eigenvalue weighted by Crippen LogP contribution is 2.22. The molecule has 0 bridgehead atoms. The van der Waals surface area contributed by atoms with Crippen LogP contribution in [0.3, 0.4) is 0 Å². The molecule has 1 atom stereocenters. The maximum Gasteiger partial charge on any atom is 0.0402 e. The Morgan fingerprint density at radius 1 is 1.17 bits per heavy atom. The lowest BCUT2D eigenvalue weighted by Crippen LogP contribution is -2.29. The molecular formula is C16H28N2. The molecule has 0 aliphatic rings. The molecule has 0 radical (unpaired) electrons. The molecular weight excluding hydrogens is 220 g/mol. The van der Waals surface area contributed by atoms with Gasteiger partial charge < -0.3 is 10.6 Å². The van der Waals surface area contributed by atoms with Crippen LogP contribution in [0.2, 0.25) is 0 Å². The van der Waals surface area contributed by atoms with E-state index in [1.54, 1.807) is 0 Å². The summed E-state index contributed by atoms with van der Waals surface area (Å²) >= 11 is 0. The molecule has 2 heteroatoms. The summed E-state index contributed by atoms with van der Waals surface area (Å²) in [7, 11) is 2.03. The van der Waals surface area contributed by atoms with Crippen LogP contribution in [0.4, 0.5) is 5.69 Å². The SMILES string of the molecule is CCc1cccc(C)c1NCC(CNC)C(C)C. The molecule has 1 aromatic carbocycles. The molecule has 0 saturated heterocycles. The van der Waals surface area contributed by atoms with Crippen LogP contribution in [0.15, 0.2) is 18.2 Å². The van der Waals surface area contributed by atoms with Crippen molar-refractivity contribution < 1.29 is 0 Å². The van der Waals surface area contributed by atoms with Gasteiger partial charge in [-0.05, 0) is 49.9 Å². The van der Waals surface area contributed by atoms with Gasteiger partial charge in [-0.25, -0.2) is 0 Å². The molecule has 0 fully saturated rings. The van der Waals surface area contributed by atoms with Gasteiger partial charge in [0.25, 0.3) is 0 Å². The molecule has 1 unspecified atom stereocenters. The number of benzene rings is 1. The second kappa shape index (κ2) is 7.42. The summed E-state index contributed by atoms with van der Waals surface area (Å²) < 4.78 is 0. The average Bonchev–Trinajstić information content (AvgIpc) is 2.35. The Bertz CT molecular complexity index is 358. The smallest absolute Gasteiger partial charge is 0.0402 e. The van der Waals surface area contributed by atoms with E-state index in [0.29, 0.717) is 11.8 Å². The van der Waals surface area contributed by atoms with E-state index in [0.717, 1.165) is 19.5 Å². The second-order valence-electron chi connectivity index (χ2n) is 5.41. The van der Waals surface area contributed by atoms with E-state index in [-0.39, 0.29) is 0 Å². The molecule has 102 valence electrons. The quantitative estimate of drug-likeness (QED) is 0.772. The fraction of sp³-hybridized carbons (Fsp3) is 0.625. The highest BCUT2D eigenvalue weighted by atomic mass is 14.9. The lowest BCUT2D eigenvalue weighted by Gasteiger charge is -2.23.